The van der Waals surface area contributed by atoms with Crippen LogP contribution in [0.4, 0.5) is 5.69 Å². The van der Waals surface area contributed by atoms with E-state index >= 15 is 0 Å². The first-order valence-electron chi connectivity index (χ1n) is 9.98. The summed E-state index contributed by atoms with van der Waals surface area (Å²) in [5, 5.41) is 14.6. The molecule has 3 aromatic carbocycles. The third-order valence-corrected chi connectivity index (χ3v) is 5.91. The number of fused-ring (bicyclic) bond motifs is 1. The number of nitrogens with one attached hydrogen (secondary N) is 1. The van der Waals surface area contributed by atoms with Crippen molar-refractivity contribution in [3.8, 4) is 6.07 Å². The predicted octanol–water partition coefficient (Wildman–Crippen LogP) is 6.85. The Bertz CT molecular complexity index is 1400. The predicted molar refractivity (Wildman–Crippen MR) is 131 cm³/mol. The quantitative estimate of drug-likeness (QED) is 0.262. The first kappa shape index (κ1) is 21.7. The molecule has 0 atom stereocenters. The topological polar surface area (TPSA) is 57.8 Å². The lowest BCUT2D eigenvalue weighted by Gasteiger charge is -2.10. The number of carbonyl (C=O) groups excluding carboxylic acids is 1. The maximum Gasteiger partial charge on any atom is 0.266 e. The fourth-order valence-electron chi connectivity index (χ4n) is 3.70. The van der Waals surface area contributed by atoms with Crippen molar-refractivity contribution in [2.75, 3.05) is 5.32 Å². The molecule has 0 saturated heterocycles. The Morgan fingerprint density at radius 1 is 1.06 bits per heavy atom. The van der Waals surface area contributed by atoms with E-state index in [1.807, 2.05) is 61.5 Å². The van der Waals surface area contributed by atoms with Crippen LogP contribution >= 0.6 is 23.2 Å². The number of amides is 1. The summed E-state index contributed by atoms with van der Waals surface area (Å²) in [5.41, 5.74) is 4.30. The number of hydrogen-bond donors (Lipinski definition) is 1. The van der Waals surface area contributed by atoms with Crippen LogP contribution in [0.3, 0.4) is 0 Å². The number of rotatable bonds is 5. The lowest BCUT2D eigenvalue weighted by molar-refractivity contribution is -0.112. The number of para-hydroxylation sites is 1. The van der Waals surface area contributed by atoms with Crippen LogP contribution in [0.1, 0.15) is 16.8 Å². The van der Waals surface area contributed by atoms with Crippen LogP contribution in [0.15, 0.2) is 78.4 Å². The molecule has 0 saturated carbocycles. The standard InChI is InChI=1S/C26H19Cl2N3O/c1-17-23(13-19(15-29)26(32)30-21-9-6-8-20(27)14-21)22-10-3-5-12-25(22)31(17)16-18-7-2-4-11-24(18)28/h2-14H,16H2,1H3,(H,30,32)/b19-13+. The molecular formula is C26H19Cl2N3O. The molecule has 0 radical (unpaired) electrons. The molecule has 0 aliphatic carbocycles. The lowest BCUT2D eigenvalue weighted by atomic mass is 10.1. The van der Waals surface area contributed by atoms with Crippen molar-refractivity contribution in [1.29, 1.82) is 5.26 Å². The number of nitriles is 1. The lowest BCUT2D eigenvalue weighted by Crippen LogP contribution is -2.13. The summed E-state index contributed by atoms with van der Waals surface area (Å²) in [5.74, 6) is -0.489. The van der Waals surface area contributed by atoms with E-state index in [9.17, 15) is 10.1 Å². The fraction of sp³-hybridized carbons (Fsp3) is 0.0769. The van der Waals surface area contributed by atoms with Crippen molar-refractivity contribution in [3.05, 3.63) is 105 Å². The second kappa shape index (κ2) is 9.32. The maximum atomic E-state index is 12.8. The van der Waals surface area contributed by atoms with Gasteiger partial charge >= 0.3 is 0 Å². The van der Waals surface area contributed by atoms with Gasteiger partial charge in [-0.15, -0.1) is 0 Å². The Hall–Kier alpha value is -3.52. The van der Waals surface area contributed by atoms with Crippen molar-refractivity contribution in [3.63, 3.8) is 0 Å². The van der Waals surface area contributed by atoms with E-state index in [0.29, 0.717) is 22.3 Å². The Balaban J connectivity index is 1.76. The molecule has 4 nitrogen and oxygen atoms in total. The van der Waals surface area contributed by atoms with E-state index in [0.717, 1.165) is 27.7 Å². The third kappa shape index (κ3) is 4.40. The number of benzene rings is 3. The molecule has 1 heterocycles. The average Bonchev–Trinajstić information content (AvgIpc) is 3.04. The van der Waals surface area contributed by atoms with Gasteiger partial charge in [0.15, 0.2) is 0 Å². The molecule has 1 aromatic heterocycles. The van der Waals surface area contributed by atoms with Gasteiger partial charge in [-0.2, -0.15) is 5.26 Å². The molecule has 1 N–H and O–H groups in total. The van der Waals surface area contributed by atoms with E-state index in [1.54, 1.807) is 30.3 Å². The average molecular weight is 460 g/mol. The van der Waals surface area contributed by atoms with Crippen molar-refractivity contribution < 1.29 is 4.79 Å². The van der Waals surface area contributed by atoms with Crippen LogP contribution in [-0.4, -0.2) is 10.5 Å². The molecule has 4 rings (SSSR count). The number of halogens is 2. The van der Waals surface area contributed by atoms with Gasteiger partial charge in [-0.1, -0.05) is 65.7 Å². The fourth-order valence-corrected chi connectivity index (χ4v) is 4.08. The zero-order valence-corrected chi connectivity index (χ0v) is 18.8. The van der Waals surface area contributed by atoms with Crippen LogP contribution in [0.5, 0.6) is 0 Å². The summed E-state index contributed by atoms with van der Waals surface area (Å²) in [6.07, 6.45) is 1.64. The normalized spacial score (nSPS) is 11.4. The van der Waals surface area contributed by atoms with E-state index in [4.69, 9.17) is 23.2 Å². The Labute approximate surface area is 196 Å². The van der Waals surface area contributed by atoms with Gasteiger partial charge in [-0.25, -0.2) is 0 Å². The van der Waals surface area contributed by atoms with Crippen molar-refractivity contribution in [2.45, 2.75) is 13.5 Å². The minimum Gasteiger partial charge on any atom is -0.340 e. The van der Waals surface area contributed by atoms with Crippen LogP contribution < -0.4 is 5.32 Å². The smallest absolute Gasteiger partial charge is 0.266 e. The van der Waals surface area contributed by atoms with Crippen LogP contribution in [-0.2, 0) is 11.3 Å². The largest absolute Gasteiger partial charge is 0.340 e. The van der Waals surface area contributed by atoms with Crippen LogP contribution in [0, 0.1) is 18.3 Å². The molecule has 0 unspecified atom stereocenters. The summed E-state index contributed by atoms with van der Waals surface area (Å²) < 4.78 is 2.15. The molecule has 0 aliphatic heterocycles. The summed E-state index contributed by atoms with van der Waals surface area (Å²) in [6.45, 7) is 2.56. The van der Waals surface area contributed by atoms with Gasteiger partial charge in [-0.05, 0) is 48.9 Å². The van der Waals surface area contributed by atoms with E-state index in [1.165, 1.54) is 0 Å². The van der Waals surface area contributed by atoms with Crippen molar-refractivity contribution >= 4 is 51.8 Å². The Morgan fingerprint density at radius 3 is 2.56 bits per heavy atom. The summed E-state index contributed by atoms with van der Waals surface area (Å²) in [4.78, 5) is 12.8. The molecule has 158 valence electrons. The monoisotopic (exact) mass is 459 g/mol. The second-order valence-corrected chi connectivity index (χ2v) is 8.17. The first-order valence-corrected chi connectivity index (χ1v) is 10.7. The molecular weight excluding hydrogens is 441 g/mol. The highest BCUT2D eigenvalue weighted by Crippen LogP contribution is 2.30. The molecule has 4 aromatic rings. The number of anilines is 1. The SMILES string of the molecule is Cc1c(/C=C(\C#N)C(=O)Nc2cccc(Cl)c2)c2ccccc2n1Cc1ccccc1Cl. The number of carbonyl (C=O) groups is 1. The second-order valence-electron chi connectivity index (χ2n) is 7.33. The summed E-state index contributed by atoms with van der Waals surface area (Å²) in [7, 11) is 0. The minimum absolute atomic E-state index is 0.00808. The van der Waals surface area contributed by atoms with Gasteiger partial charge in [0.05, 0.1) is 0 Å². The van der Waals surface area contributed by atoms with Crippen LogP contribution in [0.25, 0.3) is 17.0 Å². The first-order chi connectivity index (χ1) is 15.5. The van der Waals surface area contributed by atoms with E-state index < -0.39 is 5.91 Å². The van der Waals surface area contributed by atoms with Gasteiger partial charge in [-0.3, -0.25) is 4.79 Å². The zero-order chi connectivity index (χ0) is 22.7. The highest BCUT2D eigenvalue weighted by Gasteiger charge is 2.17. The van der Waals surface area contributed by atoms with Crippen molar-refractivity contribution in [1.82, 2.24) is 4.57 Å². The highest BCUT2D eigenvalue weighted by molar-refractivity contribution is 6.31. The summed E-state index contributed by atoms with van der Waals surface area (Å²) in [6, 6.07) is 24.5. The van der Waals surface area contributed by atoms with Gasteiger partial charge in [0, 0.05) is 44.4 Å². The third-order valence-electron chi connectivity index (χ3n) is 5.30. The zero-order valence-electron chi connectivity index (χ0n) is 17.3. The van der Waals surface area contributed by atoms with Crippen LogP contribution in [0.2, 0.25) is 10.0 Å². The van der Waals surface area contributed by atoms with Gasteiger partial charge in [0.2, 0.25) is 0 Å². The molecule has 1 amide bonds. The number of aromatic nitrogens is 1. The molecule has 32 heavy (non-hydrogen) atoms. The van der Waals surface area contributed by atoms with Gasteiger partial charge in [0.25, 0.3) is 5.91 Å². The van der Waals surface area contributed by atoms with Gasteiger partial charge < -0.3 is 9.88 Å². The highest BCUT2D eigenvalue weighted by atomic mass is 35.5. The Morgan fingerprint density at radius 2 is 1.81 bits per heavy atom. The number of nitrogens with zero attached hydrogens (tertiary/aromatic N) is 2. The van der Waals surface area contributed by atoms with E-state index in [2.05, 4.69) is 9.88 Å². The van der Waals surface area contributed by atoms with E-state index in [-0.39, 0.29) is 5.57 Å². The molecule has 0 bridgehead atoms. The van der Waals surface area contributed by atoms with Gasteiger partial charge in [0.1, 0.15) is 11.6 Å². The van der Waals surface area contributed by atoms with Crippen molar-refractivity contribution in [2.24, 2.45) is 0 Å². The maximum absolute atomic E-state index is 12.8. The molecule has 0 aliphatic rings. The molecule has 0 spiro atoms. The number of hydrogen-bond acceptors (Lipinski definition) is 2. The molecule has 6 heteroatoms. The molecule has 0 fully saturated rings. The Kier molecular flexibility index (Phi) is 6.32. The summed E-state index contributed by atoms with van der Waals surface area (Å²) >= 11 is 12.4. The minimum atomic E-state index is -0.489.